The molecule has 1 fully saturated rings. The van der Waals surface area contributed by atoms with Crippen LogP contribution >= 0.6 is 0 Å². The van der Waals surface area contributed by atoms with Crippen LogP contribution in [0.3, 0.4) is 0 Å². The lowest BCUT2D eigenvalue weighted by Crippen LogP contribution is -2.44. The zero-order chi connectivity index (χ0) is 14.5. The Bertz CT molecular complexity index is 496. The molecule has 5 nitrogen and oxygen atoms in total. The molecule has 2 rings (SSSR count). The van der Waals surface area contributed by atoms with E-state index in [1.165, 1.54) is 0 Å². The summed E-state index contributed by atoms with van der Waals surface area (Å²) >= 11 is 0. The van der Waals surface area contributed by atoms with E-state index in [2.05, 4.69) is 0 Å². The molecular weight excluding hydrogens is 256 g/mol. The van der Waals surface area contributed by atoms with Gasteiger partial charge < -0.3 is 15.4 Å². The Morgan fingerprint density at radius 2 is 2.05 bits per heavy atom. The second kappa shape index (κ2) is 6.41. The predicted octanol–water partition coefficient (Wildman–Crippen LogP) is 1.57. The number of ether oxygens (including phenoxy) is 1. The molecule has 2 amide bonds. The van der Waals surface area contributed by atoms with Crippen LogP contribution in [0, 0.1) is 0 Å². The molecule has 0 atom stereocenters. The van der Waals surface area contributed by atoms with Crippen LogP contribution in [0.2, 0.25) is 0 Å². The molecule has 0 aromatic heterocycles. The van der Waals surface area contributed by atoms with Crippen molar-refractivity contribution in [2.24, 2.45) is 5.73 Å². The van der Waals surface area contributed by atoms with Crippen LogP contribution in [0.1, 0.15) is 36.0 Å². The van der Waals surface area contributed by atoms with Crippen molar-refractivity contribution in [3.8, 4) is 5.75 Å². The molecule has 20 heavy (non-hydrogen) atoms. The minimum absolute atomic E-state index is 0.0271. The quantitative estimate of drug-likeness (QED) is 0.887. The molecule has 0 saturated heterocycles. The van der Waals surface area contributed by atoms with Crippen molar-refractivity contribution in [1.29, 1.82) is 0 Å². The minimum atomic E-state index is -0.479. The lowest BCUT2D eigenvalue weighted by Gasteiger charge is -2.28. The Morgan fingerprint density at radius 1 is 1.35 bits per heavy atom. The highest BCUT2D eigenvalue weighted by Crippen LogP contribution is 2.25. The summed E-state index contributed by atoms with van der Waals surface area (Å²) in [5.41, 5.74) is 5.80. The van der Waals surface area contributed by atoms with E-state index in [1.54, 1.807) is 36.3 Å². The molecule has 108 valence electrons. The fraction of sp³-hybridized carbons (Fsp3) is 0.467. The fourth-order valence-corrected chi connectivity index (χ4v) is 2.67. The third kappa shape index (κ3) is 3.29. The van der Waals surface area contributed by atoms with Gasteiger partial charge in [-0.3, -0.25) is 9.59 Å². The topological polar surface area (TPSA) is 72.6 Å². The first-order chi connectivity index (χ1) is 9.61. The van der Waals surface area contributed by atoms with Crippen molar-refractivity contribution in [3.63, 3.8) is 0 Å². The Hall–Kier alpha value is -2.04. The van der Waals surface area contributed by atoms with E-state index in [0.717, 1.165) is 25.7 Å². The van der Waals surface area contributed by atoms with Gasteiger partial charge in [-0.2, -0.15) is 0 Å². The highest BCUT2D eigenvalue weighted by Gasteiger charge is 2.28. The van der Waals surface area contributed by atoms with Gasteiger partial charge in [0.1, 0.15) is 5.75 Å². The number of carbonyl (C=O) groups is 2. The Kier molecular flexibility index (Phi) is 4.61. The summed E-state index contributed by atoms with van der Waals surface area (Å²) in [5, 5.41) is 0. The number of benzene rings is 1. The molecule has 0 radical (unpaired) electrons. The van der Waals surface area contributed by atoms with Crippen molar-refractivity contribution < 1.29 is 14.3 Å². The van der Waals surface area contributed by atoms with E-state index >= 15 is 0 Å². The summed E-state index contributed by atoms with van der Waals surface area (Å²) in [6.07, 6.45) is 4.04. The number of hydrogen-bond donors (Lipinski definition) is 1. The molecule has 0 spiro atoms. The molecule has 0 unspecified atom stereocenters. The number of carbonyl (C=O) groups excluding carboxylic acids is 2. The molecule has 0 aliphatic heterocycles. The van der Waals surface area contributed by atoms with Crippen molar-refractivity contribution in [1.82, 2.24) is 4.90 Å². The van der Waals surface area contributed by atoms with Gasteiger partial charge in [0.25, 0.3) is 5.91 Å². The first-order valence-electron chi connectivity index (χ1n) is 6.85. The second-order valence-electron chi connectivity index (χ2n) is 5.07. The number of hydrogen-bond acceptors (Lipinski definition) is 3. The van der Waals surface area contributed by atoms with Gasteiger partial charge in [0.15, 0.2) is 0 Å². The average molecular weight is 276 g/mol. The highest BCUT2D eigenvalue weighted by molar-refractivity contribution is 5.96. The largest absolute Gasteiger partial charge is 0.497 e. The maximum Gasteiger partial charge on any atom is 0.254 e. The number of methoxy groups -OCH3 is 1. The fourth-order valence-electron chi connectivity index (χ4n) is 2.67. The van der Waals surface area contributed by atoms with E-state index in [9.17, 15) is 9.59 Å². The van der Waals surface area contributed by atoms with Crippen LogP contribution in [0.4, 0.5) is 0 Å². The normalized spacial score (nSPS) is 15.1. The van der Waals surface area contributed by atoms with Gasteiger partial charge in [-0.15, -0.1) is 0 Å². The third-order valence-electron chi connectivity index (χ3n) is 3.67. The average Bonchev–Trinajstić information content (AvgIpc) is 2.98. The molecular formula is C15H20N2O3. The third-order valence-corrected chi connectivity index (χ3v) is 3.67. The van der Waals surface area contributed by atoms with Gasteiger partial charge >= 0.3 is 0 Å². The van der Waals surface area contributed by atoms with Crippen LogP contribution in [0.5, 0.6) is 5.75 Å². The monoisotopic (exact) mass is 276 g/mol. The Morgan fingerprint density at radius 3 is 2.65 bits per heavy atom. The molecule has 2 N–H and O–H groups in total. The van der Waals surface area contributed by atoms with Crippen LogP contribution in [-0.2, 0) is 4.79 Å². The smallest absolute Gasteiger partial charge is 0.254 e. The Labute approximate surface area is 118 Å². The first-order valence-corrected chi connectivity index (χ1v) is 6.85. The highest BCUT2D eigenvalue weighted by atomic mass is 16.5. The summed E-state index contributed by atoms with van der Waals surface area (Å²) in [4.78, 5) is 25.4. The molecule has 5 heteroatoms. The number of amides is 2. The lowest BCUT2D eigenvalue weighted by atomic mass is 10.1. The van der Waals surface area contributed by atoms with Crippen molar-refractivity contribution in [2.45, 2.75) is 31.7 Å². The van der Waals surface area contributed by atoms with Crippen molar-refractivity contribution in [3.05, 3.63) is 29.8 Å². The van der Waals surface area contributed by atoms with E-state index in [1.807, 2.05) is 0 Å². The zero-order valence-electron chi connectivity index (χ0n) is 11.7. The lowest BCUT2D eigenvalue weighted by molar-refractivity contribution is -0.119. The number of rotatable bonds is 5. The van der Waals surface area contributed by atoms with Gasteiger partial charge in [0, 0.05) is 11.6 Å². The van der Waals surface area contributed by atoms with E-state index in [-0.39, 0.29) is 18.5 Å². The van der Waals surface area contributed by atoms with Crippen LogP contribution < -0.4 is 10.5 Å². The van der Waals surface area contributed by atoms with Crippen LogP contribution in [0.15, 0.2) is 24.3 Å². The van der Waals surface area contributed by atoms with Gasteiger partial charge in [-0.1, -0.05) is 18.9 Å². The summed E-state index contributed by atoms with van der Waals surface area (Å²) in [5.74, 6) is -0.0101. The first kappa shape index (κ1) is 14.4. The summed E-state index contributed by atoms with van der Waals surface area (Å²) < 4.78 is 5.13. The summed E-state index contributed by atoms with van der Waals surface area (Å²) in [6.45, 7) is -0.0271. The minimum Gasteiger partial charge on any atom is -0.497 e. The van der Waals surface area contributed by atoms with E-state index in [0.29, 0.717) is 11.3 Å². The maximum atomic E-state index is 12.6. The van der Waals surface area contributed by atoms with E-state index in [4.69, 9.17) is 10.5 Å². The predicted molar refractivity (Wildman–Crippen MR) is 75.5 cm³/mol. The van der Waals surface area contributed by atoms with Crippen LogP contribution in [-0.4, -0.2) is 36.4 Å². The van der Waals surface area contributed by atoms with Gasteiger partial charge in [-0.05, 0) is 31.0 Å². The molecule has 1 aliphatic carbocycles. The van der Waals surface area contributed by atoms with Crippen molar-refractivity contribution in [2.75, 3.05) is 13.7 Å². The number of nitrogens with zero attached hydrogens (tertiary/aromatic N) is 1. The standard InChI is InChI=1S/C15H20N2O3/c1-20-13-8-4-5-11(9-13)15(19)17(10-14(16)18)12-6-2-3-7-12/h4-5,8-9,12H,2-3,6-7,10H2,1H3,(H2,16,18). The molecule has 0 heterocycles. The molecule has 1 aromatic carbocycles. The summed E-state index contributed by atoms with van der Waals surface area (Å²) in [6, 6.07) is 7.08. The zero-order valence-corrected chi connectivity index (χ0v) is 11.7. The van der Waals surface area contributed by atoms with Gasteiger partial charge in [-0.25, -0.2) is 0 Å². The molecule has 0 bridgehead atoms. The van der Waals surface area contributed by atoms with Gasteiger partial charge in [0.2, 0.25) is 5.91 Å². The number of nitrogens with two attached hydrogens (primary N) is 1. The molecule has 1 aliphatic rings. The van der Waals surface area contributed by atoms with Gasteiger partial charge in [0.05, 0.1) is 13.7 Å². The Balaban J connectivity index is 2.22. The maximum absolute atomic E-state index is 12.6. The molecule has 1 saturated carbocycles. The van der Waals surface area contributed by atoms with E-state index < -0.39 is 5.91 Å². The SMILES string of the molecule is COc1cccc(C(=O)N(CC(N)=O)C2CCCC2)c1. The molecule has 1 aromatic rings. The second-order valence-corrected chi connectivity index (χ2v) is 5.07. The number of primary amides is 1. The van der Waals surface area contributed by atoms with Crippen LogP contribution in [0.25, 0.3) is 0 Å². The van der Waals surface area contributed by atoms with Crippen molar-refractivity contribution >= 4 is 11.8 Å². The summed E-state index contributed by atoms with van der Waals surface area (Å²) in [7, 11) is 1.56.